The Balaban J connectivity index is 1.94. The van der Waals surface area contributed by atoms with Crippen molar-refractivity contribution in [2.45, 2.75) is 13.0 Å². The van der Waals surface area contributed by atoms with Crippen LogP contribution in [0.15, 0.2) is 30.3 Å². The zero-order valence-corrected chi connectivity index (χ0v) is 10.3. The van der Waals surface area contributed by atoms with E-state index in [1.165, 1.54) is 4.90 Å². The fraction of sp³-hybridized carbons (Fsp3) is 0.385. The molecule has 1 atom stereocenters. The number of carbonyl (C=O) groups is 2. The summed E-state index contributed by atoms with van der Waals surface area (Å²) in [6, 6.07) is 9.18. The Hall–Kier alpha value is -2.04. The highest BCUT2D eigenvalue weighted by molar-refractivity contribution is 5.88. The molecule has 0 aromatic heterocycles. The van der Waals surface area contributed by atoms with E-state index in [-0.39, 0.29) is 18.4 Å². The van der Waals surface area contributed by atoms with E-state index < -0.39 is 6.10 Å². The van der Waals surface area contributed by atoms with Gasteiger partial charge in [-0.25, -0.2) is 0 Å². The average Bonchev–Trinajstić information content (AvgIpc) is 2.39. The Morgan fingerprint density at radius 1 is 1.39 bits per heavy atom. The fourth-order valence-electron chi connectivity index (χ4n) is 1.84. The first-order chi connectivity index (χ1) is 8.66. The van der Waals surface area contributed by atoms with Gasteiger partial charge in [-0.05, 0) is 19.1 Å². The maximum atomic E-state index is 12.1. The lowest BCUT2D eigenvalue weighted by molar-refractivity contribution is -0.143. The van der Waals surface area contributed by atoms with Gasteiger partial charge in [-0.15, -0.1) is 0 Å². The van der Waals surface area contributed by atoms with Gasteiger partial charge in [-0.1, -0.05) is 18.2 Å². The fourth-order valence-corrected chi connectivity index (χ4v) is 1.84. The molecule has 0 bridgehead atoms. The van der Waals surface area contributed by atoms with Crippen LogP contribution in [-0.2, 0) is 9.59 Å². The number of benzene rings is 1. The number of hydrogen-bond acceptors (Lipinski definition) is 3. The number of carbonyl (C=O) groups excluding carboxylic acids is 2. The molecule has 2 rings (SSSR count). The molecule has 5 heteroatoms. The third-order valence-corrected chi connectivity index (χ3v) is 2.75. The van der Waals surface area contributed by atoms with Gasteiger partial charge in [0.15, 0.2) is 6.10 Å². The van der Waals surface area contributed by atoms with E-state index in [4.69, 9.17) is 4.74 Å². The summed E-state index contributed by atoms with van der Waals surface area (Å²) in [5.74, 6) is 0.370. The lowest BCUT2D eigenvalue weighted by Crippen LogP contribution is -2.53. The molecule has 18 heavy (non-hydrogen) atoms. The number of rotatable bonds is 3. The van der Waals surface area contributed by atoms with E-state index in [0.717, 1.165) is 0 Å². The molecular weight excluding hydrogens is 232 g/mol. The first kappa shape index (κ1) is 12.4. The van der Waals surface area contributed by atoms with Crippen LogP contribution < -0.4 is 10.1 Å². The number of piperazine rings is 1. The van der Waals surface area contributed by atoms with Crippen molar-refractivity contribution >= 4 is 11.8 Å². The van der Waals surface area contributed by atoms with Gasteiger partial charge in [0.1, 0.15) is 5.75 Å². The first-order valence-electron chi connectivity index (χ1n) is 5.94. The molecule has 0 saturated carbocycles. The Labute approximate surface area is 106 Å². The van der Waals surface area contributed by atoms with Crippen LogP contribution in [0.1, 0.15) is 6.92 Å². The van der Waals surface area contributed by atoms with Gasteiger partial charge in [0.2, 0.25) is 5.91 Å². The summed E-state index contributed by atoms with van der Waals surface area (Å²) in [6.45, 7) is 2.85. The van der Waals surface area contributed by atoms with Crippen molar-refractivity contribution < 1.29 is 14.3 Å². The molecule has 1 N–H and O–H groups in total. The third kappa shape index (κ3) is 3.00. The van der Waals surface area contributed by atoms with Crippen LogP contribution in [0.25, 0.3) is 0 Å². The number of nitrogens with zero attached hydrogens (tertiary/aromatic N) is 1. The van der Waals surface area contributed by atoms with Gasteiger partial charge in [0.05, 0.1) is 6.54 Å². The summed E-state index contributed by atoms with van der Waals surface area (Å²) < 4.78 is 5.54. The van der Waals surface area contributed by atoms with E-state index in [0.29, 0.717) is 18.8 Å². The van der Waals surface area contributed by atoms with Crippen LogP contribution in [-0.4, -0.2) is 42.5 Å². The minimum absolute atomic E-state index is 0.112. The Kier molecular flexibility index (Phi) is 3.82. The lowest BCUT2D eigenvalue weighted by atomic mass is 10.2. The van der Waals surface area contributed by atoms with Gasteiger partial charge in [0, 0.05) is 13.1 Å². The summed E-state index contributed by atoms with van der Waals surface area (Å²) in [7, 11) is 0. The highest BCUT2D eigenvalue weighted by Gasteiger charge is 2.26. The van der Waals surface area contributed by atoms with Crippen LogP contribution in [0, 0.1) is 0 Å². The molecule has 1 heterocycles. The minimum atomic E-state index is -0.585. The average molecular weight is 248 g/mol. The molecule has 1 aliphatic heterocycles. The van der Waals surface area contributed by atoms with Crippen molar-refractivity contribution in [3.63, 3.8) is 0 Å². The highest BCUT2D eigenvalue weighted by atomic mass is 16.5. The molecule has 0 aliphatic carbocycles. The summed E-state index contributed by atoms with van der Waals surface area (Å²) in [4.78, 5) is 24.8. The molecule has 1 saturated heterocycles. The van der Waals surface area contributed by atoms with Crippen molar-refractivity contribution in [3.05, 3.63) is 30.3 Å². The lowest BCUT2D eigenvalue weighted by Gasteiger charge is -2.29. The van der Waals surface area contributed by atoms with E-state index in [1.807, 2.05) is 18.2 Å². The molecule has 5 nitrogen and oxygen atoms in total. The number of hydrogen-bond donors (Lipinski definition) is 1. The Morgan fingerprint density at radius 2 is 2.11 bits per heavy atom. The topological polar surface area (TPSA) is 58.6 Å². The SMILES string of the molecule is C[C@@H](Oc1ccccc1)C(=O)N1CCNC(=O)C1. The van der Waals surface area contributed by atoms with Crippen molar-refractivity contribution in [3.8, 4) is 5.75 Å². The van der Waals surface area contributed by atoms with Gasteiger partial charge < -0.3 is 15.0 Å². The molecule has 1 aromatic carbocycles. The van der Waals surface area contributed by atoms with Crippen LogP contribution in [0.5, 0.6) is 5.75 Å². The maximum Gasteiger partial charge on any atom is 0.263 e. The summed E-state index contributed by atoms with van der Waals surface area (Å²) in [6.07, 6.45) is -0.585. The summed E-state index contributed by atoms with van der Waals surface area (Å²) >= 11 is 0. The predicted octanol–water partition coefficient (Wildman–Crippen LogP) is 0.412. The maximum absolute atomic E-state index is 12.1. The number of para-hydroxylation sites is 1. The molecule has 1 fully saturated rings. The standard InChI is InChI=1S/C13H16N2O3/c1-10(18-11-5-3-2-4-6-11)13(17)15-8-7-14-12(16)9-15/h2-6,10H,7-9H2,1H3,(H,14,16)/t10-/m1/s1. The van der Waals surface area contributed by atoms with Gasteiger partial charge >= 0.3 is 0 Å². The van der Waals surface area contributed by atoms with Crippen LogP contribution in [0.3, 0.4) is 0 Å². The molecule has 0 unspecified atom stereocenters. The largest absolute Gasteiger partial charge is 0.481 e. The smallest absolute Gasteiger partial charge is 0.263 e. The molecule has 1 aromatic rings. The number of amides is 2. The zero-order chi connectivity index (χ0) is 13.0. The van der Waals surface area contributed by atoms with Gasteiger partial charge in [-0.3, -0.25) is 9.59 Å². The van der Waals surface area contributed by atoms with Crippen LogP contribution in [0.2, 0.25) is 0 Å². The molecule has 0 spiro atoms. The summed E-state index contributed by atoms with van der Waals surface area (Å²) in [5, 5.41) is 2.68. The number of nitrogens with one attached hydrogen (secondary N) is 1. The van der Waals surface area contributed by atoms with E-state index in [9.17, 15) is 9.59 Å². The van der Waals surface area contributed by atoms with E-state index in [2.05, 4.69) is 5.32 Å². The van der Waals surface area contributed by atoms with Crippen molar-refractivity contribution in [2.24, 2.45) is 0 Å². The Bertz CT molecular complexity index is 433. The highest BCUT2D eigenvalue weighted by Crippen LogP contribution is 2.12. The second-order valence-electron chi connectivity index (χ2n) is 4.18. The normalized spacial score (nSPS) is 16.9. The monoisotopic (exact) mass is 248 g/mol. The third-order valence-electron chi connectivity index (χ3n) is 2.75. The number of ether oxygens (including phenoxy) is 1. The van der Waals surface area contributed by atoms with Gasteiger partial charge in [0.25, 0.3) is 5.91 Å². The zero-order valence-electron chi connectivity index (χ0n) is 10.3. The first-order valence-corrected chi connectivity index (χ1v) is 5.94. The predicted molar refractivity (Wildman–Crippen MR) is 66.1 cm³/mol. The van der Waals surface area contributed by atoms with Crippen molar-refractivity contribution in [2.75, 3.05) is 19.6 Å². The van der Waals surface area contributed by atoms with Gasteiger partial charge in [-0.2, -0.15) is 0 Å². The van der Waals surface area contributed by atoms with E-state index >= 15 is 0 Å². The Morgan fingerprint density at radius 3 is 2.78 bits per heavy atom. The molecule has 1 aliphatic rings. The second kappa shape index (κ2) is 5.53. The van der Waals surface area contributed by atoms with Crippen LogP contribution in [0.4, 0.5) is 0 Å². The van der Waals surface area contributed by atoms with E-state index in [1.54, 1.807) is 19.1 Å². The molecule has 96 valence electrons. The summed E-state index contributed by atoms with van der Waals surface area (Å²) in [5.41, 5.74) is 0. The van der Waals surface area contributed by atoms with Crippen molar-refractivity contribution in [1.82, 2.24) is 10.2 Å². The molecule has 2 amide bonds. The quantitative estimate of drug-likeness (QED) is 0.843. The van der Waals surface area contributed by atoms with Crippen LogP contribution >= 0.6 is 0 Å². The molecular formula is C13H16N2O3. The second-order valence-corrected chi connectivity index (χ2v) is 4.18. The minimum Gasteiger partial charge on any atom is -0.481 e. The van der Waals surface area contributed by atoms with Crippen molar-refractivity contribution in [1.29, 1.82) is 0 Å². The molecule has 0 radical (unpaired) electrons.